The molecule has 6 nitrogen and oxygen atoms in total. The van der Waals surface area contributed by atoms with Gasteiger partial charge < -0.3 is 9.47 Å². The van der Waals surface area contributed by atoms with Crippen LogP contribution in [0.2, 0.25) is 0 Å². The maximum Gasteiger partial charge on any atom is 0.312 e. The maximum absolute atomic E-state index is 12.9. The summed E-state index contributed by atoms with van der Waals surface area (Å²) in [5.41, 5.74) is 1.35. The molecule has 1 aliphatic rings. The van der Waals surface area contributed by atoms with Crippen molar-refractivity contribution in [1.82, 2.24) is 14.9 Å². The van der Waals surface area contributed by atoms with Crippen molar-refractivity contribution in [2.75, 3.05) is 19.7 Å². The van der Waals surface area contributed by atoms with E-state index in [2.05, 4.69) is 27.0 Å². The third kappa shape index (κ3) is 6.50. The molecule has 3 rings (SSSR count). The van der Waals surface area contributed by atoms with E-state index in [9.17, 15) is 4.79 Å². The Balaban J connectivity index is 1.66. The number of nitrogens with zero attached hydrogens (tertiary/aromatic N) is 3. The van der Waals surface area contributed by atoms with Gasteiger partial charge in [0, 0.05) is 18.9 Å². The minimum absolute atomic E-state index is 0.0539. The zero-order valence-corrected chi connectivity index (χ0v) is 19.3. The second kappa shape index (κ2) is 10.2. The largest absolute Gasteiger partial charge is 0.471 e. The average Bonchev–Trinajstić information content (AvgIpc) is 2.75. The Morgan fingerprint density at radius 2 is 1.77 bits per heavy atom. The van der Waals surface area contributed by atoms with Crippen molar-refractivity contribution in [2.45, 2.75) is 65.5 Å². The number of hydrogen-bond donors (Lipinski definition) is 0. The van der Waals surface area contributed by atoms with Crippen molar-refractivity contribution in [3.8, 4) is 5.88 Å². The number of piperidine rings is 1. The zero-order valence-electron chi connectivity index (χ0n) is 19.3. The summed E-state index contributed by atoms with van der Waals surface area (Å²) in [6.45, 7) is 10.6. The first-order valence-corrected chi connectivity index (χ1v) is 11.2. The molecule has 0 atom stereocenters. The second-order valence-corrected chi connectivity index (χ2v) is 9.29. The van der Waals surface area contributed by atoms with Crippen molar-refractivity contribution in [1.29, 1.82) is 0 Å². The zero-order chi connectivity index (χ0) is 22.3. The Morgan fingerprint density at radius 1 is 1.10 bits per heavy atom. The highest BCUT2D eigenvalue weighted by Crippen LogP contribution is 2.38. The minimum Gasteiger partial charge on any atom is -0.471 e. The molecule has 2 aromatic rings. The van der Waals surface area contributed by atoms with Gasteiger partial charge in [-0.2, -0.15) is 0 Å². The number of rotatable bonds is 8. The van der Waals surface area contributed by atoms with Crippen LogP contribution in [0.4, 0.5) is 0 Å². The number of hydrogen-bond acceptors (Lipinski definition) is 6. The van der Waals surface area contributed by atoms with Gasteiger partial charge >= 0.3 is 5.97 Å². The Kier molecular flexibility index (Phi) is 7.65. The summed E-state index contributed by atoms with van der Waals surface area (Å²) in [6.07, 6.45) is 6.64. The van der Waals surface area contributed by atoms with Crippen LogP contribution >= 0.6 is 0 Å². The third-order valence-corrected chi connectivity index (χ3v) is 5.77. The van der Waals surface area contributed by atoms with E-state index in [1.54, 1.807) is 12.4 Å². The molecule has 0 radical (unpaired) electrons. The molecule has 1 fully saturated rings. The molecular weight excluding hydrogens is 390 g/mol. The highest BCUT2D eigenvalue weighted by molar-refractivity contribution is 5.77. The number of benzene rings is 1. The summed E-state index contributed by atoms with van der Waals surface area (Å²) in [6, 6.07) is 10.4. The molecule has 1 aliphatic heterocycles. The monoisotopic (exact) mass is 425 g/mol. The topological polar surface area (TPSA) is 64.5 Å². The lowest BCUT2D eigenvalue weighted by Crippen LogP contribution is -2.45. The van der Waals surface area contributed by atoms with Crippen LogP contribution in [0.5, 0.6) is 5.88 Å². The number of carbonyl (C=O) groups is 1. The van der Waals surface area contributed by atoms with Crippen LogP contribution in [-0.4, -0.2) is 46.1 Å². The summed E-state index contributed by atoms with van der Waals surface area (Å²) in [5.74, 6) is 0.531. The van der Waals surface area contributed by atoms with Gasteiger partial charge in [0.15, 0.2) is 0 Å². The molecule has 0 aliphatic carbocycles. The number of likely N-dealkylation sites (tertiary alicyclic amines) is 1. The SMILES string of the molecule is CCOC(=O)C1(CCc2ccccc2)CCN(Cc2nccnc2OC(C)(C)C)CC1. The number of ether oxygens (including phenoxy) is 2. The average molecular weight is 426 g/mol. The van der Waals surface area contributed by atoms with Crippen LogP contribution in [0.25, 0.3) is 0 Å². The van der Waals surface area contributed by atoms with E-state index in [1.165, 1.54) is 5.56 Å². The van der Waals surface area contributed by atoms with E-state index < -0.39 is 5.41 Å². The van der Waals surface area contributed by atoms with Gasteiger partial charge in [0.1, 0.15) is 11.3 Å². The summed E-state index contributed by atoms with van der Waals surface area (Å²) in [5, 5.41) is 0. The lowest BCUT2D eigenvalue weighted by atomic mass is 9.74. The first-order chi connectivity index (χ1) is 14.8. The van der Waals surface area contributed by atoms with Gasteiger partial charge in [0.25, 0.3) is 0 Å². The summed E-state index contributed by atoms with van der Waals surface area (Å²) in [4.78, 5) is 24.2. The van der Waals surface area contributed by atoms with Gasteiger partial charge in [0.2, 0.25) is 5.88 Å². The molecule has 0 saturated carbocycles. The molecule has 168 valence electrons. The molecule has 1 aromatic heterocycles. The minimum atomic E-state index is -0.421. The summed E-state index contributed by atoms with van der Waals surface area (Å²) in [7, 11) is 0. The van der Waals surface area contributed by atoms with E-state index in [0.29, 0.717) is 19.0 Å². The van der Waals surface area contributed by atoms with E-state index in [4.69, 9.17) is 9.47 Å². The molecule has 0 unspecified atom stereocenters. The van der Waals surface area contributed by atoms with E-state index in [1.807, 2.05) is 45.9 Å². The van der Waals surface area contributed by atoms with Crippen LogP contribution in [0, 0.1) is 5.41 Å². The van der Waals surface area contributed by atoms with Crippen molar-refractivity contribution in [2.24, 2.45) is 5.41 Å². The third-order valence-electron chi connectivity index (χ3n) is 5.77. The molecule has 0 N–H and O–H groups in total. The maximum atomic E-state index is 12.9. The molecule has 1 aromatic carbocycles. The lowest BCUT2D eigenvalue weighted by Gasteiger charge is -2.40. The van der Waals surface area contributed by atoms with Gasteiger partial charge in [-0.1, -0.05) is 30.3 Å². The Bertz CT molecular complexity index is 841. The quantitative estimate of drug-likeness (QED) is 0.583. The smallest absolute Gasteiger partial charge is 0.312 e. The summed E-state index contributed by atoms with van der Waals surface area (Å²) < 4.78 is 11.5. The molecule has 0 spiro atoms. The van der Waals surface area contributed by atoms with Crippen LogP contribution in [-0.2, 0) is 22.5 Å². The Hall–Kier alpha value is -2.47. The fraction of sp³-hybridized carbons (Fsp3) is 0.560. The predicted molar refractivity (Wildman–Crippen MR) is 121 cm³/mol. The van der Waals surface area contributed by atoms with Crippen LogP contribution in [0.3, 0.4) is 0 Å². The fourth-order valence-corrected chi connectivity index (χ4v) is 4.06. The first kappa shape index (κ1) is 23.2. The molecule has 1 saturated heterocycles. The van der Waals surface area contributed by atoms with Gasteiger partial charge in [-0.25, -0.2) is 4.98 Å². The van der Waals surface area contributed by atoms with E-state index in [0.717, 1.165) is 44.5 Å². The molecule has 31 heavy (non-hydrogen) atoms. The molecule has 6 heteroatoms. The van der Waals surface area contributed by atoms with Crippen LogP contribution < -0.4 is 4.74 Å². The summed E-state index contributed by atoms with van der Waals surface area (Å²) >= 11 is 0. The Morgan fingerprint density at radius 3 is 2.42 bits per heavy atom. The second-order valence-electron chi connectivity index (χ2n) is 9.29. The highest BCUT2D eigenvalue weighted by atomic mass is 16.5. The van der Waals surface area contributed by atoms with Gasteiger partial charge in [0.05, 0.1) is 12.0 Å². The normalized spacial score (nSPS) is 16.6. The standard InChI is InChI=1S/C25H35N3O3/c1-5-30-23(29)25(12-11-20-9-7-6-8-10-20)13-17-28(18-14-25)19-21-22(27-16-15-26-21)31-24(2,3)4/h6-10,15-16H,5,11-14,17-19H2,1-4H3. The molecule has 0 amide bonds. The van der Waals surface area contributed by atoms with Crippen LogP contribution in [0.15, 0.2) is 42.7 Å². The number of carbonyl (C=O) groups excluding carboxylic acids is 1. The van der Waals surface area contributed by atoms with E-state index in [-0.39, 0.29) is 11.6 Å². The highest BCUT2D eigenvalue weighted by Gasteiger charge is 2.42. The lowest BCUT2D eigenvalue weighted by molar-refractivity contribution is -0.159. The number of aryl methyl sites for hydroxylation is 1. The van der Waals surface area contributed by atoms with Gasteiger partial charge in [-0.15, -0.1) is 0 Å². The number of esters is 1. The molecule has 2 heterocycles. The van der Waals surface area contributed by atoms with Gasteiger partial charge in [-0.3, -0.25) is 14.7 Å². The number of aromatic nitrogens is 2. The predicted octanol–water partition coefficient (Wildman–Crippen LogP) is 4.43. The van der Waals surface area contributed by atoms with E-state index >= 15 is 0 Å². The molecular formula is C25H35N3O3. The van der Waals surface area contributed by atoms with Crippen molar-refractivity contribution >= 4 is 5.97 Å². The first-order valence-electron chi connectivity index (χ1n) is 11.2. The molecule has 0 bridgehead atoms. The van der Waals surface area contributed by atoms with Crippen LogP contribution in [0.1, 0.15) is 58.2 Å². The van der Waals surface area contributed by atoms with Crippen molar-refractivity contribution in [3.63, 3.8) is 0 Å². The fourth-order valence-electron chi connectivity index (χ4n) is 4.06. The van der Waals surface area contributed by atoms with Crippen molar-refractivity contribution in [3.05, 3.63) is 54.0 Å². The van der Waals surface area contributed by atoms with Crippen molar-refractivity contribution < 1.29 is 14.3 Å². The van der Waals surface area contributed by atoms with Gasteiger partial charge in [-0.05, 0) is 72.0 Å². The Labute approximate surface area is 186 Å².